The zero-order valence-corrected chi connectivity index (χ0v) is 10.9. The molecule has 1 aromatic carbocycles. The highest BCUT2D eigenvalue weighted by Crippen LogP contribution is 2.27. The highest BCUT2D eigenvalue weighted by atomic mass is 19.2. The molecule has 0 unspecified atom stereocenters. The third-order valence-corrected chi connectivity index (χ3v) is 3.42. The molecule has 0 aliphatic heterocycles. The molecule has 0 amide bonds. The Morgan fingerprint density at radius 1 is 1.10 bits per heavy atom. The number of rotatable bonds is 2. The highest BCUT2D eigenvalue weighted by Gasteiger charge is 2.17. The molecule has 1 aromatic heterocycles. The lowest BCUT2D eigenvalue weighted by Gasteiger charge is -2.10. The van der Waals surface area contributed by atoms with Gasteiger partial charge in [-0.25, -0.2) is 18.2 Å². The van der Waals surface area contributed by atoms with Crippen LogP contribution in [0.5, 0.6) is 0 Å². The maximum Gasteiger partial charge on any atom is 0.194 e. The lowest BCUT2D eigenvalue weighted by Crippen LogP contribution is -2.02. The van der Waals surface area contributed by atoms with Gasteiger partial charge in [-0.3, -0.25) is 0 Å². The second-order valence-corrected chi connectivity index (χ2v) is 4.83. The molecule has 21 heavy (non-hydrogen) atoms. The number of benzene rings is 1. The first-order chi connectivity index (χ1) is 10.1. The van der Waals surface area contributed by atoms with E-state index in [0.717, 1.165) is 42.7 Å². The van der Waals surface area contributed by atoms with Crippen LogP contribution in [0.25, 0.3) is 0 Å². The summed E-state index contributed by atoms with van der Waals surface area (Å²) in [5.41, 5.74) is 2.20. The summed E-state index contributed by atoms with van der Waals surface area (Å²) in [7, 11) is 0. The summed E-state index contributed by atoms with van der Waals surface area (Å²) in [6, 6.07) is 5.39. The fourth-order valence-electron chi connectivity index (χ4n) is 2.42. The van der Waals surface area contributed by atoms with Crippen LogP contribution in [0.1, 0.15) is 23.2 Å². The number of hydrogen-bond acceptors (Lipinski definition) is 3. The van der Waals surface area contributed by atoms with Crippen molar-refractivity contribution >= 4 is 11.5 Å². The molecule has 3 rings (SSSR count). The minimum Gasteiger partial charge on any atom is -0.339 e. The van der Waals surface area contributed by atoms with E-state index in [9.17, 15) is 13.2 Å². The zero-order valence-electron chi connectivity index (χ0n) is 10.9. The van der Waals surface area contributed by atoms with E-state index in [1.807, 2.05) is 6.07 Å². The Kier molecular flexibility index (Phi) is 3.26. The first-order valence-electron chi connectivity index (χ1n) is 6.43. The number of anilines is 2. The molecule has 1 aliphatic rings. The van der Waals surface area contributed by atoms with Crippen LogP contribution >= 0.6 is 0 Å². The molecular weight excluding hydrogens is 279 g/mol. The average molecular weight is 289 g/mol. The van der Waals surface area contributed by atoms with E-state index in [4.69, 9.17) is 5.26 Å². The fraction of sp³-hybridized carbons (Fsp3) is 0.200. The summed E-state index contributed by atoms with van der Waals surface area (Å²) in [4.78, 5) is 4.33. The van der Waals surface area contributed by atoms with Gasteiger partial charge in [-0.1, -0.05) is 0 Å². The van der Waals surface area contributed by atoms with E-state index in [1.165, 1.54) is 0 Å². The molecule has 0 fully saturated rings. The Bertz CT molecular complexity index is 742. The van der Waals surface area contributed by atoms with E-state index in [1.54, 1.807) is 6.07 Å². The van der Waals surface area contributed by atoms with Crippen molar-refractivity contribution in [2.24, 2.45) is 0 Å². The molecule has 0 spiro atoms. The molecule has 1 heterocycles. The van der Waals surface area contributed by atoms with Crippen LogP contribution < -0.4 is 5.32 Å². The molecule has 0 atom stereocenters. The molecule has 6 heteroatoms. The van der Waals surface area contributed by atoms with Crippen molar-refractivity contribution in [2.45, 2.75) is 19.3 Å². The molecule has 3 nitrogen and oxygen atoms in total. The minimum absolute atomic E-state index is 0.00773. The van der Waals surface area contributed by atoms with Gasteiger partial charge in [-0.15, -0.1) is 0 Å². The molecular formula is C15H10F3N3. The third kappa shape index (κ3) is 2.42. The second-order valence-electron chi connectivity index (χ2n) is 4.83. The van der Waals surface area contributed by atoms with Gasteiger partial charge in [0.05, 0.1) is 5.56 Å². The number of hydrogen-bond donors (Lipinski definition) is 1. The van der Waals surface area contributed by atoms with Gasteiger partial charge in [0.25, 0.3) is 0 Å². The molecule has 0 bridgehead atoms. The summed E-state index contributed by atoms with van der Waals surface area (Å²) >= 11 is 0. The van der Waals surface area contributed by atoms with Crippen molar-refractivity contribution < 1.29 is 13.2 Å². The number of nitriles is 1. The van der Waals surface area contributed by atoms with Crippen LogP contribution in [0.2, 0.25) is 0 Å². The standard InChI is InChI=1S/C15H10F3N3/c16-11-5-10(6-12(17)14(11)18)20-15-9(7-19)4-8-2-1-3-13(8)21-15/h4-6H,1-3H2,(H,20,21). The van der Waals surface area contributed by atoms with Crippen molar-refractivity contribution in [3.05, 3.63) is 52.5 Å². The quantitative estimate of drug-likeness (QED) is 0.859. The highest BCUT2D eigenvalue weighted by molar-refractivity contribution is 5.64. The monoisotopic (exact) mass is 289 g/mol. The Labute approximate surface area is 119 Å². The Morgan fingerprint density at radius 2 is 1.81 bits per heavy atom. The van der Waals surface area contributed by atoms with E-state index >= 15 is 0 Å². The molecule has 0 radical (unpaired) electrons. The van der Waals surface area contributed by atoms with Crippen LogP contribution in [0, 0.1) is 28.8 Å². The smallest absolute Gasteiger partial charge is 0.194 e. The number of halogens is 3. The molecule has 1 aliphatic carbocycles. The van der Waals surface area contributed by atoms with Gasteiger partial charge >= 0.3 is 0 Å². The second kappa shape index (κ2) is 5.09. The first-order valence-corrected chi connectivity index (χ1v) is 6.43. The van der Waals surface area contributed by atoms with Crippen molar-refractivity contribution in [2.75, 3.05) is 5.32 Å². The summed E-state index contributed by atoms with van der Waals surface area (Å²) in [6.07, 6.45) is 2.65. The largest absolute Gasteiger partial charge is 0.339 e. The van der Waals surface area contributed by atoms with Gasteiger partial charge < -0.3 is 5.32 Å². The van der Waals surface area contributed by atoms with E-state index in [2.05, 4.69) is 10.3 Å². The zero-order chi connectivity index (χ0) is 15.0. The minimum atomic E-state index is -1.53. The number of aryl methyl sites for hydroxylation is 2. The van der Waals surface area contributed by atoms with Gasteiger partial charge in [0.2, 0.25) is 0 Å². The number of nitrogens with zero attached hydrogens (tertiary/aromatic N) is 2. The summed E-state index contributed by atoms with van der Waals surface area (Å²) in [5, 5.41) is 11.8. The number of pyridine rings is 1. The van der Waals surface area contributed by atoms with E-state index in [0.29, 0.717) is 5.56 Å². The molecule has 0 saturated carbocycles. The predicted octanol–water partition coefficient (Wildman–Crippen LogP) is 3.60. The lowest BCUT2D eigenvalue weighted by atomic mass is 10.1. The average Bonchev–Trinajstić information content (AvgIpc) is 2.91. The number of fused-ring (bicyclic) bond motifs is 1. The van der Waals surface area contributed by atoms with Crippen molar-refractivity contribution in [1.82, 2.24) is 4.98 Å². The van der Waals surface area contributed by atoms with Crippen molar-refractivity contribution in [3.63, 3.8) is 0 Å². The van der Waals surface area contributed by atoms with E-state index in [-0.39, 0.29) is 11.5 Å². The normalized spacial score (nSPS) is 12.9. The first kappa shape index (κ1) is 13.4. The number of nitrogens with one attached hydrogen (secondary N) is 1. The predicted molar refractivity (Wildman–Crippen MR) is 70.6 cm³/mol. The Morgan fingerprint density at radius 3 is 2.48 bits per heavy atom. The molecule has 106 valence electrons. The lowest BCUT2D eigenvalue weighted by molar-refractivity contribution is 0.448. The van der Waals surface area contributed by atoms with Gasteiger partial charge in [0, 0.05) is 23.5 Å². The van der Waals surface area contributed by atoms with Crippen LogP contribution in [-0.2, 0) is 12.8 Å². The molecule has 2 aromatic rings. The summed E-state index contributed by atoms with van der Waals surface area (Å²) in [6.45, 7) is 0. The van der Waals surface area contributed by atoms with Gasteiger partial charge in [0.15, 0.2) is 17.5 Å². The van der Waals surface area contributed by atoms with Crippen LogP contribution in [-0.4, -0.2) is 4.98 Å². The summed E-state index contributed by atoms with van der Waals surface area (Å²) in [5.74, 6) is -3.89. The van der Waals surface area contributed by atoms with Gasteiger partial charge in [0.1, 0.15) is 11.9 Å². The Hall–Kier alpha value is -2.55. The summed E-state index contributed by atoms with van der Waals surface area (Å²) < 4.78 is 39.3. The SMILES string of the molecule is N#Cc1cc2c(nc1Nc1cc(F)c(F)c(F)c1)CCC2. The van der Waals surface area contributed by atoms with Crippen LogP contribution in [0.15, 0.2) is 18.2 Å². The van der Waals surface area contributed by atoms with Crippen molar-refractivity contribution in [3.8, 4) is 6.07 Å². The van der Waals surface area contributed by atoms with Gasteiger partial charge in [-0.05, 0) is 30.9 Å². The molecule has 1 N–H and O–H groups in total. The third-order valence-electron chi connectivity index (χ3n) is 3.42. The Balaban J connectivity index is 2.00. The number of aromatic nitrogens is 1. The van der Waals surface area contributed by atoms with E-state index < -0.39 is 17.5 Å². The van der Waals surface area contributed by atoms with Crippen LogP contribution in [0.4, 0.5) is 24.7 Å². The topological polar surface area (TPSA) is 48.7 Å². The van der Waals surface area contributed by atoms with Crippen molar-refractivity contribution in [1.29, 1.82) is 5.26 Å². The van der Waals surface area contributed by atoms with Crippen LogP contribution in [0.3, 0.4) is 0 Å². The maximum absolute atomic E-state index is 13.2. The van der Waals surface area contributed by atoms with Gasteiger partial charge in [-0.2, -0.15) is 5.26 Å². The molecule has 0 saturated heterocycles. The maximum atomic E-state index is 13.2. The fourth-order valence-corrected chi connectivity index (χ4v) is 2.42.